The van der Waals surface area contributed by atoms with E-state index in [2.05, 4.69) is 58.6 Å². The number of rotatable bonds is 4. The minimum absolute atomic E-state index is 0.00507. The monoisotopic (exact) mass is 394 g/mol. The van der Waals surface area contributed by atoms with Crippen molar-refractivity contribution >= 4 is 5.97 Å². The summed E-state index contributed by atoms with van der Waals surface area (Å²) >= 11 is 0. The number of aryl methyl sites for hydroxylation is 1. The summed E-state index contributed by atoms with van der Waals surface area (Å²) in [4.78, 5) is 11.6. The van der Waals surface area contributed by atoms with E-state index >= 15 is 0 Å². The fraction of sp³-hybridized carbons (Fsp3) is 0.480. The van der Waals surface area contributed by atoms with Crippen LogP contribution in [-0.4, -0.2) is 11.6 Å². The van der Waals surface area contributed by atoms with Crippen molar-refractivity contribution in [1.29, 1.82) is 0 Å². The number of benzene rings is 1. The van der Waals surface area contributed by atoms with E-state index in [0.717, 1.165) is 36.1 Å². The lowest BCUT2D eigenvalue weighted by Crippen LogP contribution is -2.41. The topological polar surface area (TPSA) is 48.7 Å². The number of carbonyl (C=O) groups is 1. The Hall–Kier alpha value is -2.67. The van der Waals surface area contributed by atoms with E-state index in [0.29, 0.717) is 12.2 Å². The molecule has 0 aliphatic carbocycles. The first-order valence-corrected chi connectivity index (χ1v) is 10.3. The normalized spacial score (nSPS) is 16.2. The number of hydrogen-bond donors (Lipinski definition) is 0. The van der Waals surface area contributed by atoms with Crippen LogP contribution in [0.25, 0.3) is 0 Å². The average Bonchev–Trinajstić information content (AvgIpc) is 3.05. The Morgan fingerprint density at radius 2 is 1.90 bits per heavy atom. The molecule has 0 saturated heterocycles. The first-order chi connectivity index (χ1) is 13.6. The molecule has 3 rings (SSSR count). The Labute approximate surface area is 173 Å². The van der Waals surface area contributed by atoms with Gasteiger partial charge in [-0.15, -0.1) is 0 Å². The Morgan fingerprint density at radius 3 is 2.59 bits per heavy atom. The van der Waals surface area contributed by atoms with Crippen molar-refractivity contribution in [1.82, 2.24) is 0 Å². The van der Waals surface area contributed by atoms with Crippen LogP contribution < -0.4 is 9.47 Å². The van der Waals surface area contributed by atoms with Crippen molar-refractivity contribution in [2.24, 2.45) is 0 Å². The second-order valence-corrected chi connectivity index (χ2v) is 8.87. The van der Waals surface area contributed by atoms with Gasteiger partial charge in [-0.25, -0.2) is 0 Å². The average molecular weight is 395 g/mol. The van der Waals surface area contributed by atoms with Gasteiger partial charge in [0.05, 0.1) is 0 Å². The molecule has 0 unspecified atom stereocenters. The van der Waals surface area contributed by atoms with Gasteiger partial charge in [0, 0.05) is 23.6 Å². The minimum atomic E-state index is -0.297. The second-order valence-electron chi connectivity index (χ2n) is 8.87. The number of ether oxygens (including phenoxy) is 2. The number of furan rings is 1. The van der Waals surface area contributed by atoms with Crippen molar-refractivity contribution in [2.75, 3.05) is 0 Å². The number of fused-ring (bicyclic) bond motifs is 1. The van der Waals surface area contributed by atoms with Crippen LogP contribution in [0.2, 0.25) is 0 Å². The van der Waals surface area contributed by atoms with E-state index in [1.807, 2.05) is 6.92 Å². The summed E-state index contributed by atoms with van der Waals surface area (Å²) in [6.45, 7) is 12.8. The number of hydrogen-bond acceptors (Lipinski definition) is 4. The van der Waals surface area contributed by atoms with Crippen LogP contribution in [0.3, 0.4) is 0 Å². The summed E-state index contributed by atoms with van der Waals surface area (Å²) in [6, 6.07) is 7.63. The SMILES string of the molecule is CCCC(=O)Oc1ccc(C#Cc2cc3c(cc2CC)OC(C)(C)CC3(C)C)o1. The maximum Gasteiger partial charge on any atom is 0.313 e. The Balaban J connectivity index is 1.90. The highest BCUT2D eigenvalue weighted by molar-refractivity contribution is 5.71. The lowest BCUT2D eigenvalue weighted by Gasteiger charge is -2.42. The van der Waals surface area contributed by atoms with E-state index in [1.165, 1.54) is 5.56 Å². The Morgan fingerprint density at radius 1 is 1.14 bits per heavy atom. The van der Waals surface area contributed by atoms with E-state index in [9.17, 15) is 4.79 Å². The predicted molar refractivity (Wildman–Crippen MR) is 113 cm³/mol. The highest BCUT2D eigenvalue weighted by Crippen LogP contribution is 2.45. The molecule has 29 heavy (non-hydrogen) atoms. The highest BCUT2D eigenvalue weighted by atomic mass is 16.6. The minimum Gasteiger partial charge on any atom is -0.488 e. The van der Waals surface area contributed by atoms with Crippen LogP contribution in [-0.2, 0) is 16.6 Å². The molecule has 2 heterocycles. The largest absolute Gasteiger partial charge is 0.488 e. The molecule has 2 aromatic rings. The first-order valence-electron chi connectivity index (χ1n) is 10.3. The van der Waals surface area contributed by atoms with Gasteiger partial charge < -0.3 is 13.9 Å². The zero-order valence-electron chi connectivity index (χ0n) is 18.3. The van der Waals surface area contributed by atoms with Crippen LogP contribution in [0.5, 0.6) is 11.7 Å². The second kappa shape index (κ2) is 7.99. The molecule has 0 bridgehead atoms. The van der Waals surface area contributed by atoms with Crippen molar-refractivity contribution in [3.8, 4) is 23.5 Å². The number of carbonyl (C=O) groups excluding carboxylic acids is 1. The summed E-state index contributed by atoms with van der Waals surface area (Å²) in [7, 11) is 0. The summed E-state index contributed by atoms with van der Waals surface area (Å²) in [5.41, 5.74) is 3.13. The van der Waals surface area contributed by atoms with Crippen molar-refractivity contribution in [3.05, 3.63) is 46.7 Å². The van der Waals surface area contributed by atoms with Gasteiger partial charge in [0.15, 0.2) is 5.76 Å². The molecule has 1 aliphatic rings. The lowest BCUT2D eigenvalue weighted by molar-refractivity contribution is -0.135. The van der Waals surface area contributed by atoms with Gasteiger partial charge in [-0.1, -0.05) is 33.6 Å². The lowest BCUT2D eigenvalue weighted by atomic mass is 9.73. The molecule has 0 N–H and O–H groups in total. The molecule has 1 aliphatic heterocycles. The molecule has 0 atom stereocenters. The van der Waals surface area contributed by atoms with Gasteiger partial charge in [-0.05, 0) is 68.2 Å². The predicted octanol–water partition coefficient (Wildman–Crippen LogP) is 5.79. The summed E-state index contributed by atoms with van der Waals surface area (Å²) in [5, 5.41) is 0. The zero-order chi connectivity index (χ0) is 21.2. The molecule has 4 heteroatoms. The Bertz CT molecular complexity index is 966. The third kappa shape index (κ3) is 4.85. The number of esters is 1. The van der Waals surface area contributed by atoms with Crippen LogP contribution in [0.4, 0.5) is 0 Å². The maximum absolute atomic E-state index is 11.6. The van der Waals surface area contributed by atoms with Crippen LogP contribution in [0, 0.1) is 11.8 Å². The van der Waals surface area contributed by atoms with Gasteiger partial charge >= 0.3 is 5.97 Å². The van der Waals surface area contributed by atoms with Gasteiger partial charge in [0.25, 0.3) is 5.95 Å². The first kappa shape index (κ1) is 21.0. The van der Waals surface area contributed by atoms with Gasteiger partial charge in [-0.3, -0.25) is 4.79 Å². The molecule has 0 saturated carbocycles. The molecule has 0 amide bonds. The fourth-order valence-corrected chi connectivity index (χ4v) is 4.08. The molecular formula is C25H30O4. The molecule has 154 valence electrons. The third-order valence-corrected chi connectivity index (χ3v) is 5.14. The Kier molecular flexibility index (Phi) is 5.80. The molecule has 1 aromatic carbocycles. The smallest absolute Gasteiger partial charge is 0.313 e. The van der Waals surface area contributed by atoms with E-state index < -0.39 is 0 Å². The third-order valence-electron chi connectivity index (χ3n) is 5.14. The maximum atomic E-state index is 11.6. The molecule has 4 nitrogen and oxygen atoms in total. The molecular weight excluding hydrogens is 364 g/mol. The van der Waals surface area contributed by atoms with Crippen LogP contribution in [0.1, 0.15) is 83.3 Å². The standard InChI is InChI=1S/C25H30O4/c1-7-9-22(26)28-23-13-12-19(27-23)11-10-18-14-20-21(15-17(18)8-2)29-25(5,6)16-24(20,3)4/h12-15H,7-9,16H2,1-6H3. The van der Waals surface area contributed by atoms with E-state index in [1.54, 1.807) is 12.1 Å². The zero-order valence-corrected chi connectivity index (χ0v) is 18.3. The quantitative estimate of drug-likeness (QED) is 0.487. The van der Waals surface area contributed by atoms with Gasteiger partial charge in [0.1, 0.15) is 11.4 Å². The highest BCUT2D eigenvalue weighted by Gasteiger charge is 2.39. The van der Waals surface area contributed by atoms with Crippen LogP contribution >= 0.6 is 0 Å². The van der Waals surface area contributed by atoms with Gasteiger partial charge in [-0.2, -0.15) is 0 Å². The van der Waals surface area contributed by atoms with Crippen molar-refractivity contribution in [2.45, 2.75) is 78.2 Å². The van der Waals surface area contributed by atoms with Crippen LogP contribution in [0.15, 0.2) is 28.7 Å². The summed E-state index contributed by atoms with van der Waals surface area (Å²) in [5.74, 6) is 7.62. The summed E-state index contributed by atoms with van der Waals surface area (Å²) < 4.78 is 17.0. The molecule has 0 spiro atoms. The molecule has 0 radical (unpaired) electrons. The molecule has 1 aromatic heterocycles. The van der Waals surface area contributed by atoms with Gasteiger partial charge in [0.2, 0.25) is 0 Å². The fourth-order valence-electron chi connectivity index (χ4n) is 4.08. The summed E-state index contributed by atoms with van der Waals surface area (Å²) in [6.07, 6.45) is 2.91. The molecule has 0 fully saturated rings. The van der Waals surface area contributed by atoms with Crippen molar-refractivity contribution in [3.63, 3.8) is 0 Å². The van der Waals surface area contributed by atoms with E-state index in [4.69, 9.17) is 13.9 Å². The van der Waals surface area contributed by atoms with Crippen molar-refractivity contribution < 1.29 is 18.7 Å². The van der Waals surface area contributed by atoms with E-state index in [-0.39, 0.29) is 22.9 Å².